The molecule has 2 aromatic carbocycles. The van der Waals surface area contributed by atoms with Crippen molar-refractivity contribution in [3.63, 3.8) is 0 Å². The van der Waals surface area contributed by atoms with Gasteiger partial charge in [-0.25, -0.2) is 0 Å². The van der Waals surface area contributed by atoms with Crippen molar-refractivity contribution >= 4 is 0 Å². The van der Waals surface area contributed by atoms with Crippen molar-refractivity contribution in [1.29, 1.82) is 0 Å². The van der Waals surface area contributed by atoms with Crippen LogP contribution in [0.4, 0.5) is 0 Å². The molecule has 2 aromatic rings. The van der Waals surface area contributed by atoms with Crippen molar-refractivity contribution in [1.82, 2.24) is 0 Å². The van der Waals surface area contributed by atoms with Crippen molar-refractivity contribution < 1.29 is 34.3 Å². The second kappa shape index (κ2) is 8.58. The lowest BCUT2D eigenvalue weighted by Crippen LogP contribution is -2.13. The van der Waals surface area contributed by atoms with E-state index in [-0.39, 0.29) is 36.4 Å². The number of hydrogen-bond donors (Lipinski definition) is 3. The molecule has 28 heavy (non-hydrogen) atoms. The molecule has 3 N–H and O–H groups in total. The van der Waals surface area contributed by atoms with Gasteiger partial charge in [0.1, 0.15) is 6.10 Å². The summed E-state index contributed by atoms with van der Waals surface area (Å²) in [6.07, 6.45) is 0.844. The molecule has 7 heteroatoms. The molecule has 3 rings (SSSR count). The molecule has 1 heterocycles. The zero-order valence-electron chi connectivity index (χ0n) is 16.3. The standard InChI is InChI=1S/C21H26O7/c1-25-16-9-13(10-17(26-2)19(16)24)20-15(11-23)14-7-12(5-4-6-22)8-18(27-3)21(14)28-20/h7-10,15,20,22-24H,4-6,11H2,1-3H3/t15-,20-/m1/s1. The van der Waals surface area contributed by atoms with E-state index in [1.807, 2.05) is 12.1 Å². The lowest BCUT2D eigenvalue weighted by Gasteiger charge is -2.20. The van der Waals surface area contributed by atoms with Gasteiger partial charge in [-0.15, -0.1) is 0 Å². The topological polar surface area (TPSA) is 97.6 Å². The molecule has 1 aliphatic heterocycles. The zero-order valence-corrected chi connectivity index (χ0v) is 16.3. The fraction of sp³-hybridized carbons (Fsp3) is 0.429. The smallest absolute Gasteiger partial charge is 0.200 e. The number of benzene rings is 2. The Morgan fingerprint density at radius 3 is 2.11 bits per heavy atom. The summed E-state index contributed by atoms with van der Waals surface area (Å²) >= 11 is 0. The highest BCUT2D eigenvalue weighted by molar-refractivity contribution is 5.58. The summed E-state index contributed by atoms with van der Waals surface area (Å²) in [5, 5.41) is 29.4. The van der Waals surface area contributed by atoms with E-state index in [0.717, 1.165) is 11.1 Å². The summed E-state index contributed by atoms with van der Waals surface area (Å²) in [7, 11) is 4.49. The molecule has 2 atom stereocenters. The minimum atomic E-state index is -0.495. The lowest BCUT2D eigenvalue weighted by atomic mass is 9.90. The Kier molecular flexibility index (Phi) is 6.16. The number of aliphatic hydroxyl groups excluding tert-OH is 2. The van der Waals surface area contributed by atoms with Gasteiger partial charge in [-0.05, 0) is 36.6 Å². The molecule has 0 aliphatic carbocycles. The highest BCUT2D eigenvalue weighted by atomic mass is 16.5. The van der Waals surface area contributed by atoms with Crippen LogP contribution < -0.4 is 18.9 Å². The van der Waals surface area contributed by atoms with E-state index < -0.39 is 6.10 Å². The Morgan fingerprint density at radius 1 is 0.929 bits per heavy atom. The monoisotopic (exact) mass is 390 g/mol. The number of rotatable bonds is 8. The molecular formula is C21H26O7. The number of aryl methyl sites for hydroxylation is 1. The van der Waals surface area contributed by atoms with E-state index in [2.05, 4.69) is 0 Å². The molecule has 0 saturated heterocycles. The summed E-state index contributed by atoms with van der Waals surface area (Å²) in [6, 6.07) is 7.24. The van der Waals surface area contributed by atoms with Gasteiger partial charge in [-0.2, -0.15) is 0 Å². The van der Waals surface area contributed by atoms with Crippen LogP contribution in [-0.4, -0.2) is 49.9 Å². The summed E-state index contributed by atoms with van der Waals surface area (Å²) < 4.78 is 22.2. The number of phenols is 1. The van der Waals surface area contributed by atoms with Crippen LogP contribution in [0.25, 0.3) is 0 Å². The average molecular weight is 390 g/mol. The maximum absolute atomic E-state index is 10.2. The minimum absolute atomic E-state index is 0.0892. The third-order valence-electron chi connectivity index (χ3n) is 5.02. The number of aliphatic hydroxyl groups is 2. The maximum Gasteiger partial charge on any atom is 0.200 e. The van der Waals surface area contributed by atoms with Crippen LogP contribution >= 0.6 is 0 Å². The van der Waals surface area contributed by atoms with Crippen LogP contribution in [0.5, 0.6) is 28.7 Å². The number of aromatic hydroxyl groups is 1. The van der Waals surface area contributed by atoms with Gasteiger partial charge in [0.15, 0.2) is 23.0 Å². The van der Waals surface area contributed by atoms with Gasteiger partial charge in [-0.3, -0.25) is 0 Å². The molecule has 0 unspecified atom stereocenters. The van der Waals surface area contributed by atoms with Gasteiger partial charge in [0.25, 0.3) is 0 Å². The normalized spacial score (nSPS) is 17.8. The molecule has 0 fully saturated rings. The van der Waals surface area contributed by atoms with Gasteiger partial charge in [0, 0.05) is 17.7 Å². The Bertz CT molecular complexity index is 809. The van der Waals surface area contributed by atoms with E-state index in [0.29, 0.717) is 29.9 Å². The van der Waals surface area contributed by atoms with E-state index in [1.165, 1.54) is 14.2 Å². The predicted molar refractivity (Wildman–Crippen MR) is 103 cm³/mol. The summed E-state index contributed by atoms with van der Waals surface area (Å²) in [4.78, 5) is 0. The minimum Gasteiger partial charge on any atom is -0.502 e. The fourth-order valence-corrected chi connectivity index (χ4v) is 3.61. The highest BCUT2D eigenvalue weighted by Crippen LogP contribution is 2.52. The van der Waals surface area contributed by atoms with Gasteiger partial charge in [0.05, 0.1) is 33.9 Å². The Hall–Kier alpha value is -2.64. The molecule has 0 saturated carbocycles. The maximum atomic E-state index is 10.2. The van der Waals surface area contributed by atoms with Crippen molar-refractivity contribution in [2.75, 3.05) is 34.5 Å². The van der Waals surface area contributed by atoms with Crippen LogP contribution in [0, 0.1) is 0 Å². The SMILES string of the molecule is COc1cc([C@H]2Oc3c(OC)cc(CCCO)cc3[C@H]2CO)cc(OC)c1O. The average Bonchev–Trinajstić information content (AvgIpc) is 3.10. The van der Waals surface area contributed by atoms with Crippen molar-refractivity contribution in [2.45, 2.75) is 24.9 Å². The van der Waals surface area contributed by atoms with Crippen LogP contribution in [-0.2, 0) is 6.42 Å². The van der Waals surface area contributed by atoms with Crippen molar-refractivity contribution in [2.24, 2.45) is 0 Å². The number of ether oxygens (including phenoxy) is 4. The second-order valence-corrected chi connectivity index (χ2v) is 6.65. The van der Waals surface area contributed by atoms with E-state index in [4.69, 9.17) is 24.1 Å². The van der Waals surface area contributed by atoms with E-state index in [9.17, 15) is 10.2 Å². The molecule has 0 aromatic heterocycles. The fourth-order valence-electron chi connectivity index (χ4n) is 3.61. The molecule has 7 nitrogen and oxygen atoms in total. The van der Waals surface area contributed by atoms with Gasteiger partial charge < -0.3 is 34.3 Å². The molecule has 0 amide bonds. The highest BCUT2D eigenvalue weighted by Gasteiger charge is 2.38. The molecule has 152 valence electrons. The second-order valence-electron chi connectivity index (χ2n) is 6.65. The first-order valence-electron chi connectivity index (χ1n) is 9.11. The molecule has 0 spiro atoms. The van der Waals surface area contributed by atoms with Gasteiger partial charge in [0.2, 0.25) is 5.75 Å². The summed E-state index contributed by atoms with van der Waals surface area (Å²) in [5.41, 5.74) is 2.57. The third-order valence-corrected chi connectivity index (χ3v) is 5.02. The Balaban J connectivity index is 2.05. The van der Waals surface area contributed by atoms with Crippen molar-refractivity contribution in [3.05, 3.63) is 41.0 Å². The van der Waals surface area contributed by atoms with Crippen LogP contribution in [0.2, 0.25) is 0 Å². The Labute approximate surface area is 164 Å². The van der Waals surface area contributed by atoms with E-state index >= 15 is 0 Å². The van der Waals surface area contributed by atoms with Gasteiger partial charge >= 0.3 is 0 Å². The van der Waals surface area contributed by atoms with Crippen molar-refractivity contribution in [3.8, 4) is 28.7 Å². The van der Waals surface area contributed by atoms with Crippen LogP contribution in [0.3, 0.4) is 0 Å². The first-order chi connectivity index (χ1) is 13.6. The number of methoxy groups -OCH3 is 3. The third kappa shape index (κ3) is 3.55. The number of hydrogen-bond acceptors (Lipinski definition) is 7. The number of fused-ring (bicyclic) bond motifs is 1. The van der Waals surface area contributed by atoms with E-state index in [1.54, 1.807) is 19.2 Å². The predicted octanol–water partition coefficient (Wildman–Crippen LogP) is 2.55. The quantitative estimate of drug-likeness (QED) is 0.637. The van der Waals surface area contributed by atoms with Crippen LogP contribution in [0.15, 0.2) is 24.3 Å². The molecule has 1 aliphatic rings. The largest absolute Gasteiger partial charge is 0.502 e. The molecule has 0 radical (unpaired) electrons. The lowest BCUT2D eigenvalue weighted by molar-refractivity contribution is 0.156. The molecular weight excluding hydrogens is 364 g/mol. The summed E-state index contributed by atoms with van der Waals surface area (Å²) in [6.45, 7) is -0.0230. The summed E-state index contributed by atoms with van der Waals surface area (Å²) in [5.74, 6) is 1.29. The number of phenolic OH excluding ortho intramolecular Hbond substituents is 1. The Morgan fingerprint density at radius 2 is 1.57 bits per heavy atom. The first kappa shape index (κ1) is 20.1. The van der Waals surface area contributed by atoms with Gasteiger partial charge in [-0.1, -0.05) is 6.07 Å². The van der Waals surface area contributed by atoms with Crippen LogP contribution in [0.1, 0.15) is 35.1 Å². The first-order valence-corrected chi connectivity index (χ1v) is 9.11. The molecule has 0 bridgehead atoms. The zero-order chi connectivity index (χ0) is 20.3.